The number of piperidine rings is 1. The molecular weight excluding hydrogens is 390 g/mol. The van der Waals surface area contributed by atoms with Gasteiger partial charge in [-0.2, -0.15) is 0 Å². The third-order valence-electron chi connectivity index (χ3n) is 5.89. The first kappa shape index (κ1) is 21.2. The Morgan fingerprint density at radius 1 is 1.03 bits per heavy atom. The number of hydroxylamine groups is 2. The normalized spacial score (nSPS) is 19.6. The molecule has 1 saturated heterocycles. The Labute approximate surface area is 183 Å². The van der Waals surface area contributed by atoms with Crippen molar-refractivity contribution in [1.29, 1.82) is 0 Å². The summed E-state index contributed by atoms with van der Waals surface area (Å²) in [6, 6.07) is 17.2. The number of thiazole rings is 1. The van der Waals surface area contributed by atoms with Gasteiger partial charge in [0.25, 0.3) is 0 Å². The zero-order valence-electron chi connectivity index (χ0n) is 18.2. The average molecular weight is 421 g/mol. The summed E-state index contributed by atoms with van der Waals surface area (Å²) in [6.07, 6.45) is 5.93. The van der Waals surface area contributed by atoms with Gasteiger partial charge in [-0.05, 0) is 69.9 Å². The zero-order chi connectivity index (χ0) is 21.4. The van der Waals surface area contributed by atoms with E-state index in [1.54, 1.807) is 11.3 Å². The van der Waals surface area contributed by atoms with Crippen LogP contribution in [-0.2, 0) is 11.8 Å². The van der Waals surface area contributed by atoms with Gasteiger partial charge in [0.05, 0.1) is 10.2 Å². The molecule has 1 radical (unpaired) electrons. The molecule has 0 unspecified atom stereocenters. The Hall–Kier alpha value is -2.05. The summed E-state index contributed by atoms with van der Waals surface area (Å²) >= 11 is 1.71. The van der Waals surface area contributed by atoms with E-state index in [-0.39, 0.29) is 11.1 Å². The number of aromatic nitrogens is 1. The van der Waals surface area contributed by atoms with Gasteiger partial charge in [-0.25, -0.2) is 4.98 Å². The van der Waals surface area contributed by atoms with Crippen LogP contribution in [0.25, 0.3) is 22.4 Å². The summed E-state index contributed by atoms with van der Waals surface area (Å²) in [5.41, 5.74) is 2.80. The van der Waals surface area contributed by atoms with E-state index in [9.17, 15) is 5.21 Å². The standard InChI is InChI=1S/C25H30N3OS/c1-24(2)15-20(16-25(3,4)28(24)29)26-17-19-11-9-18(10-12-19)13-14-23-27-21-7-5-6-8-22(21)30-23/h5-14,20,26H,15-17H2,1-4H3/b14-13+. The van der Waals surface area contributed by atoms with Gasteiger partial charge < -0.3 is 5.32 Å². The van der Waals surface area contributed by atoms with E-state index in [1.807, 2.05) is 45.9 Å². The predicted octanol–water partition coefficient (Wildman–Crippen LogP) is 5.92. The maximum Gasteiger partial charge on any atom is 0.117 e. The lowest BCUT2D eigenvalue weighted by atomic mass is 9.79. The molecule has 2 aromatic carbocycles. The molecule has 4 rings (SSSR count). The van der Waals surface area contributed by atoms with E-state index in [1.165, 1.54) is 20.9 Å². The molecule has 1 fully saturated rings. The van der Waals surface area contributed by atoms with Crippen molar-refractivity contribution < 1.29 is 5.21 Å². The molecule has 1 N–H and O–H groups in total. The SMILES string of the molecule is CC1(C)CC(NCc2ccc(/C=C/c3nc4ccccc4s3)cc2)CC(C)(C)N1[O]. The quantitative estimate of drug-likeness (QED) is 0.557. The Balaban J connectivity index is 1.36. The minimum atomic E-state index is -0.339. The second-order valence-electron chi connectivity index (χ2n) is 9.50. The number of nitrogens with one attached hydrogen (secondary N) is 1. The molecular formula is C25H30N3OS. The highest BCUT2D eigenvalue weighted by Gasteiger charge is 2.45. The van der Waals surface area contributed by atoms with Crippen LogP contribution in [0.2, 0.25) is 0 Å². The van der Waals surface area contributed by atoms with E-state index >= 15 is 0 Å². The fourth-order valence-corrected chi connectivity index (χ4v) is 5.42. The van der Waals surface area contributed by atoms with Gasteiger partial charge in [0.1, 0.15) is 5.01 Å². The monoisotopic (exact) mass is 420 g/mol. The number of hydrogen-bond acceptors (Lipinski definition) is 4. The molecule has 1 aromatic heterocycles. The van der Waals surface area contributed by atoms with Crippen molar-refractivity contribution in [3.05, 3.63) is 64.7 Å². The van der Waals surface area contributed by atoms with E-state index in [2.05, 4.69) is 52.8 Å². The average Bonchev–Trinajstić information content (AvgIpc) is 3.12. The first-order valence-electron chi connectivity index (χ1n) is 10.6. The Bertz CT molecular complexity index is 985. The summed E-state index contributed by atoms with van der Waals surface area (Å²) in [4.78, 5) is 4.65. The number of para-hydroxylation sites is 1. The Morgan fingerprint density at radius 2 is 1.70 bits per heavy atom. The van der Waals surface area contributed by atoms with E-state index < -0.39 is 0 Å². The van der Waals surface area contributed by atoms with Gasteiger partial charge in [-0.3, -0.25) is 0 Å². The van der Waals surface area contributed by atoms with Crippen LogP contribution in [0, 0.1) is 0 Å². The summed E-state index contributed by atoms with van der Waals surface area (Å²) in [6.45, 7) is 8.99. The lowest BCUT2D eigenvalue weighted by molar-refractivity contribution is -0.290. The van der Waals surface area contributed by atoms with E-state index in [0.717, 1.165) is 29.9 Å². The maximum absolute atomic E-state index is 12.5. The van der Waals surface area contributed by atoms with Gasteiger partial charge in [0.15, 0.2) is 0 Å². The molecule has 157 valence electrons. The molecule has 1 aliphatic rings. The largest absolute Gasteiger partial charge is 0.310 e. The molecule has 0 saturated carbocycles. The lowest BCUT2D eigenvalue weighted by Crippen LogP contribution is -2.61. The molecule has 0 amide bonds. The lowest BCUT2D eigenvalue weighted by Gasteiger charge is -2.50. The van der Waals surface area contributed by atoms with Crippen molar-refractivity contribution in [3.63, 3.8) is 0 Å². The number of benzene rings is 2. The van der Waals surface area contributed by atoms with Gasteiger partial charge in [-0.15, -0.1) is 21.6 Å². The number of hydrogen-bond donors (Lipinski definition) is 1. The zero-order valence-corrected chi connectivity index (χ0v) is 19.0. The topological polar surface area (TPSA) is 48.1 Å². The fraction of sp³-hybridized carbons (Fsp3) is 0.400. The minimum Gasteiger partial charge on any atom is -0.310 e. The highest BCUT2D eigenvalue weighted by Crippen LogP contribution is 2.37. The molecule has 0 spiro atoms. The second-order valence-corrected chi connectivity index (χ2v) is 10.6. The van der Waals surface area contributed by atoms with Crippen LogP contribution in [-0.4, -0.2) is 27.2 Å². The van der Waals surface area contributed by atoms with Crippen LogP contribution in [0.5, 0.6) is 0 Å². The molecule has 2 heterocycles. The van der Waals surface area contributed by atoms with Crippen molar-refractivity contribution in [3.8, 4) is 0 Å². The molecule has 3 aromatic rings. The molecule has 30 heavy (non-hydrogen) atoms. The third kappa shape index (κ3) is 4.65. The van der Waals surface area contributed by atoms with Crippen LogP contribution in [0.4, 0.5) is 0 Å². The van der Waals surface area contributed by atoms with Crippen LogP contribution in [0.3, 0.4) is 0 Å². The number of rotatable bonds is 5. The Kier molecular flexibility index (Phi) is 5.82. The summed E-state index contributed by atoms with van der Waals surface area (Å²) < 4.78 is 1.22. The first-order chi connectivity index (χ1) is 14.2. The van der Waals surface area contributed by atoms with Crippen LogP contribution in [0.1, 0.15) is 56.7 Å². The summed E-state index contributed by atoms with van der Waals surface area (Å²) in [5.74, 6) is 0. The van der Waals surface area contributed by atoms with Gasteiger partial charge in [-0.1, -0.05) is 42.5 Å². The maximum atomic E-state index is 12.5. The van der Waals surface area contributed by atoms with Gasteiger partial charge in [0.2, 0.25) is 0 Å². The first-order valence-corrected chi connectivity index (χ1v) is 11.4. The summed E-state index contributed by atoms with van der Waals surface area (Å²) in [5, 5.41) is 18.5. The second kappa shape index (κ2) is 8.23. The van der Waals surface area contributed by atoms with Crippen molar-refractivity contribution in [2.45, 2.75) is 64.2 Å². The van der Waals surface area contributed by atoms with Crippen LogP contribution >= 0.6 is 11.3 Å². The van der Waals surface area contributed by atoms with Gasteiger partial charge in [0, 0.05) is 23.7 Å². The van der Waals surface area contributed by atoms with Gasteiger partial charge >= 0.3 is 0 Å². The smallest absolute Gasteiger partial charge is 0.117 e. The van der Waals surface area contributed by atoms with Crippen molar-refractivity contribution in [2.24, 2.45) is 0 Å². The van der Waals surface area contributed by atoms with Crippen LogP contribution in [0.15, 0.2) is 48.5 Å². The van der Waals surface area contributed by atoms with E-state index in [0.29, 0.717) is 6.04 Å². The van der Waals surface area contributed by atoms with Crippen molar-refractivity contribution in [1.82, 2.24) is 15.4 Å². The molecule has 5 heteroatoms. The number of fused-ring (bicyclic) bond motifs is 1. The Morgan fingerprint density at radius 3 is 2.37 bits per heavy atom. The van der Waals surface area contributed by atoms with Crippen molar-refractivity contribution in [2.75, 3.05) is 0 Å². The predicted molar refractivity (Wildman–Crippen MR) is 126 cm³/mol. The fourth-order valence-electron chi connectivity index (χ4n) is 4.55. The highest BCUT2D eigenvalue weighted by atomic mass is 32.1. The van der Waals surface area contributed by atoms with Crippen molar-refractivity contribution >= 4 is 33.7 Å². The molecule has 0 aliphatic carbocycles. The molecule has 1 aliphatic heterocycles. The molecule has 4 nitrogen and oxygen atoms in total. The molecule has 0 atom stereocenters. The van der Waals surface area contributed by atoms with Crippen LogP contribution < -0.4 is 5.32 Å². The highest BCUT2D eigenvalue weighted by molar-refractivity contribution is 7.19. The summed E-state index contributed by atoms with van der Waals surface area (Å²) in [7, 11) is 0. The van der Waals surface area contributed by atoms with E-state index in [4.69, 9.17) is 0 Å². The third-order valence-corrected chi connectivity index (χ3v) is 6.90. The number of nitrogens with zero attached hydrogens (tertiary/aromatic N) is 2. The molecule has 0 bridgehead atoms. The minimum absolute atomic E-state index is 0.339.